The number of benzene rings is 2. The van der Waals surface area contributed by atoms with Gasteiger partial charge in [0.25, 0.3) is 0 Å². The fourth-order valence-electron chi connectivity index (χ4n) is 4.30. The Morgan fingerprint density at radius 1 is 1.07 bits per heavy atom. The number of aliphatic hydroxyl groups excluding tert-OH is 1. The van der Waals surface area contributed by atoms with E-state index in [-0.39, 0.29) is 0 Å². The van der Waals surface area contributed by atoms with Crippen LogP contribution in [-0.4, -0.2) is 50.9 Å². The van der Waals surface area contributed by atoms with Crippen molar-refractivity contribution in [3.05, 3.63) is 66.6 Å². The van der Waals surface area contributed by atoms with E-state index in [1.54, 1.807) is 0 Å². The van der Waals surface area contributed by atoms with Crippen molar-refractivity contribution in [2.45, 2.75) is 31.4 Å². The van der Waals surface area contributed by atoms with E-state index in [1.807, 2.05) is 60.9 Å². The summed E-state index contributed by atoms with van der Waals surface area (Å²) in [7, 11) is 0. The first kappa shape index (κ1) is 19.0. The highest BCUT2D eigenvalue weighted by Gasteiger charge is 2.25. The minimum Gasteiger partial charge on any atom is -0.493 e. The van der Waals surface area contributed by atoms with Crippen molar-refractivity contribution in [2.24, 2.45) is 0 Å². The Kier molecular flexibility index (Phi) is 5.34. The van der Waals surface area contributed by atoms with Crippen molar-refractivity contribution in [3.8, 4) is 5.75 Å². The van der Waals surface area contributed by atoms with Crippen LogP contribution in [-0.2, 0) is 0 Å². The van der Waals surface area contributed by atoms with Gasteiger partial charge in [0.15, 0.2) is 0 Å². The Morgan fingerprint density at radius 3 is 2.77 bits per heavy atom. The molecule has 0 spiro atoms. The van der Waals surface area contributed by atoms with Crippen LogP contribution in [0.5, 0.6) is 5.75 Å². The molecule has 6 nitrogen and oxygen atoms in total. The summed E-state index contributed by atoms with van der Waals surface area (Å²) in [4.78, 5) is 14.7. The first-order valence-corrected chi connectivity index (χ1v) is 10.6. The molecule has 1 unspecified atom stereocenters. The summed E-state index contributed by atoms with van der Waals surface area (Å²) >= 11 is 0. The van der Waals surface area contributed by atoms with Crippen molar-refractivity contribution in [3.63, 3.8) is 0 Å². The van der Waals surface area contributed by atoms with E-state index in [0.29, 0.717) is 18.9 Å². The molecule has 1 aliphatic rings. The van der Waals surface area contributed by atoms with E-state index in [0.717, 1.165) is 59.3 Å². The van der Waals surface area contributed by atoms with Crippen molar-refractivity contribution in [2.75, 3.05) is 19.7 Å². The number of para-hydroxylation sites is 2. The Bertz CT molecular complexity index is 1130. The molecule has 5 rings (SSSR count). The third-order valence-corrected chi connectivity index (χ3v) is 6.03. The molecule has 4 aromatic rings. The maximum Gasteiger partial charge on any atom is 0.128 e. The van der Waals surface area contributed by atoms with Gasteiger partial charge in [0.2, 0.25) is 0 Å². The Balaban J connectivity index is 1.14. The number of likely N-dealkylation sites (tertiary alicyclic amines) is 1. The molecule has 0 saturated carbocycles. The quantitative estimate of drug-likeness (QED) is 0.508. The van der Waals surface area contributed by atoms with Gasteiger partial charge in [0.1, 0.15) is 12.0 Å². The number of aromatic nitrogens is 3. The number of hydrogen-bond donors (Lipinski definition) is 2. The summed E-state index contributed by atoms with van der Waals surface area (Å²) in [5.41, 5.74) is 4.01. The summed E-state index contributed by atoms with van der Waals surface area (Å²) in [5, 5.41) is 11.7. The Hall–Kier alpha value is -2.96. The second-order valence-electron chi connectivity index (χ2n) is 7.91. The van der Waals surface area contributed by atoms with Crippen LogP contribution in [0.3, 0.4) is 0 Å². The molecule has 1 aliphatic heterocycles. The molecule has 0 aliphatic carbocycles. The molecule has 1 atom stereocenters. The highest BCUT2D eigenvalue weighted by molar-refractivity contribution is 5.85. The lowest BCUT2D eigenvalue weighted by atomic mass is 9.93. The first-order chi connectivity index (χ1) is 14.8. The van der Waals surface area contributed by atoms with Crippen LogP contribution in [0.4, 0.5) is 0 Å². The van der Waals surface area contributed by atoms with Crippen LogP contribution >= 0.6 is 0 Å². The van der Waals surface area contributed by atoms with Gasteiger partial charge in [0, 0.05) is 48.7 Å². The topological polar surface area (TPSA) is 74.3 Å². The molecular formula is C24H26N4O2. The molecule has 0 radical (unpaired) electrons. The number of ether oxygens (including phenoxy) is 1. The fourth-order valence-corrected chi connectivity index (χ4v) is 4.30. The van der Waals surface area contributed by atoms with Crippen LogP contribution in [0.15, 0.2) is 60.9 Å². The van der Waals surface area contributed by atoms with Gasteiger partial charge >= 0.3 is 0 Å². The molecular weight excluding hydrogens is 376 g/mol. The molecule has 0 bridgehead atoms. The molecule has 3 heterocycles. The lowest BCUT2D eigenvalue weighted by Crippen LogP contribution is -2.41. The van der Waals surface area contributed by atoms with E-state index in [9.17, 15) is 5.11 Å². The molecule has 1 saturated heterocycles. The third-order valence-electron chi connectivity index (χ3n) is 6.03. The molecule has 0 amide bonds. The zero-order valence-electron chi connectivity index (χ0n) is 16.9. The van der Waals surface area contributed by atoms with E-state index < -0.39 is 6.23 Å². The largest absolute Gasteiger partial charge is 0.493 e. The number of piperidine rings is 1. The van der Waals surface area contributed by atoms with Crippen molar-refractivity contribution in [1.29, 1.82) is 0 Å². The Morgan fingerprint density at radius 2 is 1.90 bits per heavy atom. The molecule has 2 aromatic carbocycles. The Labute approximate surface area is 175 Å². The number of aliphatic hydroxyl groups is 1. The minimum absolute atomic E-state index is 0.396. The first-order valence-electron chi connectivity index (χ1n) is 10.6. The average Bonchev–Trinajstić information content (AvgIpc) is 3.29. The van der Waals surface area contributed by atoms with Crippen LogP contribution in [0.25, 0.3) is 21.9 Å². The van der Waals surface area contributed by atoms with Gasteiger partial charge in [0.05, 0.1) is 23.3 Å². The SMILES string of the molecule is OC(CCOc1cccc2[nH]ccc12)N1CCC(c2cnc3ccccc3n2)CC1. The van der Waals surface area contributed by atoms with Gasteiger partial charge < -0.3 is 14.8 Å². The van der Waals surface area contributed by atoms with Gasteiger partial charge in [-0.25, -0.2) is 4.98 Å². The van der Waals surface area contributed by atoms with Gasteiger partial charge in [-0.15, -0.1) is 0 Å². The summed E-state index contributed by atoms with van der Waals surface area (Å²) in [6.45, 7) is 2.20. The zero-order valence-corrected chi connectivity index (χ0v) is 16.9. The molecule has 6 heteroatoms. The predicted octanol–water partition coefficient (Wildman–Crippen LogP) is 4.08. The number of nitrogens with one attached hydrogen (secondary N) is 1. The lowest BCUT2D eigenvalue weighted by Gasteiger charge is -2.34. The van der Waals surface area contributed by atoms with Crippen molar-refractivity contribution >= 4 is 21.9 Å². The monoisotopic (exact) mass is 402 g/mol. The second kappa shape index (κ2) is 8.42. The predicted molar refractivity (Wildman–Crippen MR) is 118 cm³/mol. The summed E-state index contributed by atoms with van der Waals surface area (Å²) < 4.78 is 5.95. The fraction of sp³-hybridized carbons (Fsp3) is 0.333. The van der Waals surface area contributed by atoms with Crippen LogP contribution in [0.1, 0.15) is 30.9 Å². The average molecular weight is 402 g/mol. The number of nitrogens with zero attached hydrogens (tertiary/aromatic N) is 3. The zero-order chi connectivity index (χ0) is 20.3. The number of fused-ring (bicyclic) bond motifs is 2. The highest BCUT2D eigenvalue weighted by Crippen LogP contribution is 2.29. The number of hydrogen-bond acceptors (Lipinski definition) is 5. The summed E-state index contributed by atoms with van der Waals surface area (Å²) in [5.74, 6) is 1.25. The highest BCUT2D eigenvalue weighted by atomic mass is 16.5. The van der Waals surface area contributed by atoms with E-state index in [2.05, 4.69) is 14.9 Å². The van der Waals surface area contributed by atoms with Crippen LogP contribution < -0.4 is 4.74 Å². The second-order valence-corrected chi connectivity index (χ2v) is 7.91. The normalized spacial score (nSPS) is 16.8. The maximum absolute atomic E-state index is 10.6. The van der Waals surface area contributed by atoms with Gasteiger partial charge in [-0.05, 0) is 43.2 Å². The molecule has 1 fully saturated rings. The molecule has 2 N–H and O–H groups in total. The minimum atomic E-state index is -0.487. The van der Waals surface area contributed by atoms with Gasteiger partial charge in [-0.2, -0.15) is 0 Å². The number of H-pyrrole nitrogens is 1. The number of rotatable bonds is 6. The molecule has 154 valence electrons. The van der Waals surface area contributed by atoms with E-state index in [4.69, 9.17) is 9.72 Å². The number of aromatic amines is 1. The third kappa shape index (κ3) is 3.88. The van der Waals surface area contributed by atoms with Crippen molar-refractivity contribution < 1.29 is 9.84 Å². The van der Waals surface area contributed by atoms with Crippen LogP contribution in [0.2, 0.25) is 0 Å². The smallest absolute Gasteiger partial charge is 0.128 e. The molecule has 2 aromatic heterocycles. The van der Waals surface area contributed by atoms with Gasteiger partial charge in [-0.1, -0.05) is 18.2 Å². The summed E-state index contributed by atoms with van der Waals surface area (Å²) in [6, 6.07) is 16.0. The molecule has 30 heavy (non-hydrogen) atoms. The van der Waals surface area contributed by atoms with Gasteiger partial charge in [-0.3, -0.25) is 9.88 Å². The van der Waals surface area contributed by atoms with E-state index >= 15 is 0 Å². The van der Waals surface area contributed by atoms with Crippen LogP contribution in [0, 0.1) is 0 Å². The van der Waals surface area contributed by atoms with E-state index in [1.165, 1.54) is 0 Å². The van der Waals surface area contributed by atoms with Crippen molar-refractivity contribution in [1.82, 2.24) is 19.9 Å². The summed E-state index contributed by atoms with van der Waals surface area (Å²) in [6.07, 6.45) is 5.88. The maximum atomic E-state index is 10.6. The standard InChI is InChI=1S/C24H26N4O2/c29-24(11-15-30-23-7-3-6-19-18(23)8-12-25-19)28-13-9-17(10-14-28)22-16-26-20-4-1-2-5-21(20)27-22/h1-8,12,16-17,24-25,29H,9-11,13-15H2. The lowest BCUT2D eigenvalue weighted by molar-refractivity contribution is -0.0236.